The highest BCUT2D eigenvalue weighted by Crippen LogP contribution is 2.20. The minimum Gasteiger partial charge on any atom is -0.444 e. The first-order valence-corrected chi connectivity index (χ1v) is 9.03. The van der Waals surface area contributed by atoms with Crippen LogP contribution in [0.3, 0.4) is 0 Å². The Morgan fingerprint density at radius 3 is 2.52 bits per heavy atom. The van der Waals surface area contributed by atoms with Crippen LogP contribution in [0, 0.1) is 11.6 Å². The molecule has 0 aliphatic heterocycles. The molecule has 0 fully saturated rings. The first-order valence-electron chi connectivity index (χ1n) is 9.03. The third-order valence-electron chi connectivity index (χ3n) is 4.06. The third-order valence-corrected chi connectivity index (χ3v) is 4.06. The van der Waals surface area contributed by atoms with Crippen molar-refractivity contribution in [1.82, 2.24) is 14.9 Å². The summed E-state index contributed by atoms with van der Waals surface area (Å²) in [4.78, 5) is 29.7. The quantitative estimate of drug-likeness (QED) is 0.712. The summed E-state index contributed by atoms with van der Waals surface area (Å²) >= 11 is 0. The zero-order valence-electron chi connectivity index (χ0n) is 16.5. The van der Waals surface area contributed by atoms with Crippen molar-refractivity contribution in [3.05, 3.63) is 70.3 Å². The summed E-state index contributed by atoms with van der Waals surface area (Å²) in [6.45, 7) is 6.76. The number of hydrogen-bond acceptors (Lipinski definition) is 4. The number of nitrogens with zero attached hydrogens (tertiary/aromatic N) is 2. The van der Waals surface area contributed by atoms with E-state index in [1.165, 1.54) is 30.3 Å². The van der Waals surface area contributed by atoms with Gasteiger partial charge in [0.15, 0.2) is 0 Å². The standard InChI is InChI=1S/C21H21F2N3O3/c1-12(24-20(28)29-21(2,3)4)18-25-16-10-6-9-15(23)17(16)19(27)26(18)14-8-5-7-13(22)11-14/h5-12H,1-4H3,(H,24,28)/t12-/m0/s1. The molecule has 0 spiro atoms. The summed E-state index contributed by atoms with van der Waals surface area (Å²) < 4.78 is 34.5. The number of halogens is 2. The monoisotopic (exact) mass is 401 g/mol. The third kappa shape index (κ3) is 4.42. The van der Waals surface area contributed by atoms with Gasteiger partial charge in [-0.2, -0.15) is 0 Å². The van der Waals surface area contributed by atoms with E-state index in [0.717, 1.165) is 16.7 Å². The van der Waals surface area contributed by atoms with E-state index >= 15 is 0 Å². The molecule has 152 valence electrons. The smallest absolute Gasteiger partial charge is 0.408 e. The number of aromatic nitrogens is 2. The molecular weight excluding hydrogens is 380 g/mol. The van der Waals surface area contributed by atoms with Crippen LogP contribution in [0.15, 0.2) is 47.3 Å². The molecule has 1 amide bonds. The highest BCUT2D eigenvalue weighted by atomic mass is 19.1. The summed E-state index contributed by atoms with van der Waals surface area (Å²) in [5.41, 5.74) is -1.12. The fraction of sp³-hybridized carbons (Fsp3) is 0.286. The molecule has 0 saturated carbocycles. The van der Waals surface area contributed by atoms with E-state index in [2.05, 4.69) is 10.3 Å². The van der Waals surface area contributed by atoms with Crippen molar-refractivity contribution in [2.45, 2.75) is 39.3 Å². The van der Waals surface area contributed by atoms with Crippen LogP contribution < -0.4 is 10.9 Å². The highest BCUT2D eigenvalue weighted by Gasteiger charge is 2.23. The van der Waals surface area contributed by atoms with Gasteiger partial charge >= 0.3 is 6.09 Å². The van der Waals surface area contributed by atoms with Crippen LogP contribution in [0.1, 0.15) is 39.6 Å². The van der Waals surface area contributed by atoms with E-state index in [1.807, 2.05) is 0 Å². The van der Waals surface area contributed by atoms with Gasteiger partial charge < -0.3 is 10.1 Å². The van der Waals surface area contributed by atoms with E-state index in [-0.39, 0.29) is 22.4 Å². The lowest BCUT2D eigenvalue weighted by atomic mass is 10.2. The number of amides is 1. The second kappa shape index (κ2) is 7.62. The Balaban J connectivity index is 2.18. The molecule has 0 bridgehead atoms. The molecular formula is C21H21F2N3O3. The maximum absolute atomic E-state index is 14.3. The maximum atomic E-state index is 14.3. The van der Waals surface area contributed by atoms with Gasteiger partial charge in [0.2, 0.25) is 0 Å². The van der Waals surface area contributed by atoms with Gasteiger partial charge in [0.05, 0.1) is 17.2 Å². The van der Waals surface area contributed by atoms with Crippen LogP contribution in [0.2, 0.25) is 0 Å². The number of benzene rings is 2. The molecule has 2 aromatic carbocycles. The van der Waals surface area contributed by atoms with Crippen molar-refractivity contribution in [3.8, 4) is 5.69 Å². The molecule has 0 unspecified atom stereocenters. The zero-order valence-corrected chi connectivity index (χ0v) is 16.5. The maximum Gasteiger partial charge on any atom is 0.408 e. The number of fused-ring (bicyclic) bond motifs is 1. The van der Waals surface area contributed by atoms with Crippen molar-refractivity contribution in [2.24, 2.45) is 0 Å². The molecule has 3 rings (SSSR count). The Bertz CT molecular complexity index is 1140. The van der Waals surface area contributed by atoms with Crippen LogP contribution >= 0.6 is 0 Å². The highest BCUT2D eigenvalue weighted by molar-refractivity contribution is 5.79. The predicted molar refractivity (Wildman–Crippen MR) is 105 cm³/mol. The van der Waals surface area contributed by atoms with E-state index in [0.29, 0.717) is 0 Å². The largest absolute Gasteiger partial charge is 0.444 e. The molecule has 1 aromatic heterocycles. The van der Waals surface area contributed by atoms with Crippen LogP contribution in [-0.4, -0.2) is 21.2 Å². The number of rotatable bonds is 3. The average Bonchev–Trinajstić information content (AvgIpc) is 2.59. The number of nitrogens with one attached hydrogen (secondary N) is 1. The van der Waals surface area contributed by atoms with E-state index in [9.17, 15) is 18.4 Å². The first-order chi connectivity index (χ1) is 13.6. The molecule has 0 radical (unpaired) electrons. The van der Waals surface area contributed by atoms with Crippen molar-refractivity contribution >= 4 is 17.0 Å². The first kappa shape index (κ1) is 20.4. The molecule has 29 heavy (non-hydrogen) atoms. The van der Waals surface area contributed by atoms with Crippen molar-refractivity contribution in [2.75, 3.05) is 0 Å². The Morgan fingerprint density at radius 2 is 1.86 bits per heavy atom. The topological polar surface area (TPSA) is 73.2 Å². The Hall–Kier alpha value is -3.29. The molecule has 8 heteroatoms. The Kier molecular flexibility index (Phi) is 5.37. The molecule has 0 aliphatic carbocycles. The lowest BCUT2D eigenvalue weighted by Crippen LogP contribution is -2.37. The molecule has 1 atom stereocenters. The predicted octanol–water partition coefficient (Wildman–Crippen LogP) is 4.25. The number of alkyl carbamates (subject to hydrolysis) is 1. The van der Waals surface area contributed by atoms with Crippen LogP contribution in [0.4, 0.5) is 13.6 Å². The minimum atomic E-state index is -0.784. The molecule has 3 aromatic rings. The van der Waals surface area contributed by atoms with Gasteiger partial charge in [-0.05, 0) is 58.0 Å². The van der Waals surface area contributed by atoms with Crippen LogP contribution in [0.5, 0.6) is 0 Å². The van der Waals surface area contributed by atoms with Gasteiger partial charge in [0, 0.05) is 0 Å². The lowest BCUT2D eigenvalue weighted by Gasteiger charge is -2.23. The molecule has 6 nitrogen and oxygen atoms in total. The zero-order chi connectivity index (χ0) is 21.3. The minimum absolute atomic E-state index is 0.115. The van der Waals surface area contributed by atoms with Gasteiger partial charge in [-0.1, -0.05) is 12.1 Å². The Labute approximate surface area is 166 Å². The fourth-order valence-corrected chi connectivity index (χ4v) is 2.91. The molecule has 1 heterocycles. The number of hydrogen-bond donors (Lipinski definition) is 1. The molecule has 0 saturated heterocycles. The van der Waals surface area contributed by atoms with E-state index in [1.54, 1.807) is 27.7 Å². The van der Waals surface area contributed by atoms with Gasteiger partial charge in [-0.15, -0.1) is 0 Å². The summed E-state index contributed by atoms with van der Waals surface area (Å²) in [7, 11) is 0. The Morgan fingerprint density at radius 1 is 1.17 bits per heavy atom. The van der Waals surface area contributed by atoms with Crippen LogP contribution in [-0.2, 0) is 4.74 Å². The normalized spacial score (nSPS) is 12.6. The average molecular weight is 401 g/mol. The van der Waals surface area contributed by atoms with Gasteiger partial charge in [0.25, 0.3) is 5.56 Å². The van der Waals surface area contributed by atoms with E-state index < -0.39 is 34.9 Å². The van der Waals surface area contributed by atoms with Gasteiger partial charge in [0.1, 0.15) is 28.4 Å². The summed E-state index contributed by atoms with van der Waals surface area (Å²) in [5, 5.41) is 2.40. The number of ether oxygens (including phenoxy) is 1. The SMILES string of the molecule is C[C@H](NC(=O)OC(C)(C)C)c1nc2cccc(F)c2c(=O)n1-c1cccc(F)c1. The van der Waals surface area contributed by atoms with Gasteiger partial charge in [-0.3, -0.25) is 9.36 Å². The van der Waals surface area contributed by atoms with Crippen molar-refractivity contribution < 1.29 is 18.3 Å². The fourth-order valence-electron chi connectivity index (χ4n) is 2.91. The lowest BCUT2D eigenvalue weighted by molar-refractivity contribution is 0.0505. The van der Waals surface area contributed by atoms with Crippen LogP contribution in [0.25, 0.3) is 16.6 Å². The number of carbonyl (C=O) groups excluding carboxylic acids is 1. The summed E-state index contributed by atoms with van der Waals surface area (Å²) in [6.07, 6.45) is -0.704. The second-order valence-electron chi connectivity index (χ2n) is 7.59. The summed E-state index contributed by atoms with van der Waals surface area (Å²) in [6, 6.07) is 8.61. The van der Waals surface area contributed by atoms with Crippen molar-refractivity contribution in [3.63, 3.8) is 0 Å². The van der Waals surface area contributed by atoms with Crippen molar-refractivity contribution in [1.29, 1.82) is 0 Å². The number of carbonyl (C=O) groups is 1. The van der Waals surface area contributed by atoms with Gasteiger partial charge in [-0.25, -0.2) is 18.6 Å². The second-order valence-corrected chi connectivity index (χ2v) is 7.59. The molecule has 1 N–H and O–H groups in total. The summed E-state index contributed by atoms with van der Waals surface area (Å²) in [5.74, 6) is -1.18. The van der Waals surface area contributed by atoms with E-state index in [4.69, 9.17) is 4.74 Å². The molecule has 0 aliphatic rings.